The van der Waals surface area contributed by atoms with E-state index in [0.29, 0.717) is 29.3 Å². The quantitative estimate of drug-likeness (QED) is 0.459. The van der Waals surface area contributed by atoms with Gasteiger partial charge in [0.05, 0.1) is 18.0 Å². The smallest absolute Gasteiger partial charge is 0.296 e. The molecule has 2 aromatic carbocycles. The van der Waals surface area contributed by atoms with E-state index in [2.05, 4.69) is 5.32 Å². The normalized spacial score (nSPS) is 14.8. The predicted octanol–water partition coefficient (Wildman–Crippen LogP) is 2.85. The molecule has 9 heteroatoms. The Balaban J connectivity index is 1.74. The van der Waals surface area contributed by atoms with Crippen molar-refractivity contribution in [2.24, 2.45) is 7.05 Å². The summed E-state index contributed by atoms with van der Waals surface area (Å²) < 4.78 is 8.59. The highest BCUT2D eigenvalue weighted by Gasteiger charge is 2.36. The lowest BCUT2D eigenvalue weighted by Crippen LogP contribution is -2.35. The number of aromatic nitrogens is 2. The van der Waals surface area contributed by atoms with E-state index >= 15 is 0 Å². The molecule has 0 aliphatic carbocycles. The maximum atomic E-state index is 13.3. The number of ether oxygens (including phenoxy) is 1. The minimum atomic E-state index is -0.438. The number of carbonyl (C=O) groups excluding carboxylic acids is 1. The molecule has 1 saturated heterocycles. The average Bonchev–Trinajstić information content (AvgIpc) is 3.16. The second-order valence-electron chi connectivity index (χ2n) is 7.20. The van der Waals surface area contributed by atoms with Gasteiger partial charge in [-0.15, -0.1) is 0 Å². The van der Waals surface area contributed by atoms with Gasteiger partial charge in [0.1, 0.15) is 11.4 Å². The number of aromatic hydroxyl groups is 1. The third-order valence-corrected chi connectivity index (χ3v) is 5.50. The number of carbonyl (C=O) groups is 1. The molecule has 1 fully saturated rings. The van der Waals surface area contributed by atoms with Gasteiger partial charge < -0.3 is 15.2 Å². The van der Waals surface area contributed by atoms with Crippen LogP contribution in [0.3, 0.4) is 0 Å². The molecule has 0 bridgehead atoms. The Kier molecular flexibility index (Phi) is 5.58. The standard InChI is InChI=1S/C23H22N4O4S/c1-4-31-19-13-15(10-11-18(19)28)12-17-21(29)26(23(32)24-17)20-14(2)25(3)27(22(20)30)16-8-6-5-7-9-16/h5-13,28H,4H2,1-3H3,(H,24,32)/b17-12+. The van der Waals surface area contributed by atoms with Gasteiger partial charge in [0.25, 0.3) is 11.5 Å². The molecule has 0 radical (unpaired) electrons. The van der Waals surface area contributed by atoms with E-state index in [4.69, 9.17) is 17.0 Å². The van der Waals surface area contributed by atoms with E-state index in [1.165, 1.54) is 15.6 Å². The van der Waals surface area contributed by atoms with E-state index < -0.39 is 5.91 Å². The fraction of sp³-hybridized carbons (Fsp3) is 0.174. The van der Waals surface area contributed by atoms with Gasteiger partial charge in [0.2, 0.25) is 0 Å². The van der Waals surface area contributed by atoms with Crippen molar-refractivity contribution in [3.63, 3.8) is 0 Å². The van der Waals surface area contributed by atoms with Crippen molar-refractivity contribution in [3.8, 4) is 17.2 Å². The highest BCUT2D eigenvalue weighted by atomic mass is 32.1. The number of nitrogens with zero attached hydrogens (tertiary/aromatic N) is 3. The Bertz CT molecular complexity index is 1310. The molecule has 2 heterocycles. The Morgan fingerprint density at radius 1 is 1.16 bits per heavy atom. The number of nitrogens with one attached hydrogen (secondary N) is 1. The number of amides is 1. The van der Waals surface area contributed by atoms with Crippen LogP contribution in [-0.4, -0.2) is 32.1 Å². The first kappa shape index (κ1) is 21.4. The molecule has 0 atom stereocenters. The number of para-hydroxylation sites is 1. The highest BCUT2D eigenvalue weighted by molar-refractivity contribution is 7.80. The van der Waals surface area contributed by atoms with Crippen LogP contribution in [0.2, 0.25) is 0 Å². The lowest BCUT2D eigenvalue weighted by atomic mass is 10.1. The van der Waals surface area contributed by atoms with Gasteiger partial charge in [-0.05, 0) is 62.0 Å². The maximum Gasteiger partial charge on any atom is 0.296 e. The molecule has 32 heavy (non-hydrogen) atoms. The summed E-state index contributed by atoms with van der Waals surface area (Å²) >= 11 is 5.40. The summed E-state index contributed by atoms with van der Waals surface area (Å²) in [6, 6.07) is 14.0. The summed E-state index contributed by atoms with van der Waals surface area (Å²) in [4.78, 5) is 27.8. The zero-order valence-corrected chi connectivity index (χ0v) is 18.6. The molecular formula is C23H22N4O4S. The summed E-state index contributed by atoms with van der Waals surface area (Å²) in [6.45, 7) is 3.97. The second kappa shape index (κ2) is 8.35. The monoisotopic (exact) mass is 450 g/mol. The summed E-state index contributed by atoms with van der Waals surface area (Å²) in [5, 5.41) is 12.9. The van der Waals surface area contributed by atoms with Crippen LogP contribution in [0.25, 0.3) is 11.8 Å². The van der Waals surface area contributed by atoms with Crippen molar-refractivity contribution in [3.05, 3.63) is 75.8 Å². The molecular weight excluding hydrogens is 428 g/mol. The van der Waals surface area contributed by atoms with Crippen LogP contribution in [0.4, 0.5) is 5.69 Å². The number of benzene rings is 2. The first-order valence-electron chi connectivity index (χ1n) is 10.0. The molecule has 1 aliphatic heterocycles. The number of hydrogen-bond acceptors (Lipinski definition) is 5. The van der Waals surface area contributed by atoms with Crippen LogP contribution in [0.1, 0.15) is 18.2 Å². The Morgan fingerprint density at radius 3 is 2.56 bits per heavy atom. The molecule has 1 amide bonds. The van der Waals surface area contributed by atoms with Crippen LogP contribution in [-0.2, 0) is 11.8 Å². The van der Waals surface area contributed by atoms with Gasteiger partial charge in [0.15, 0.2) is 16.6 Å². The lowest BCUT2D eigenvalue weighted by Gasteiger charge is -2.11. The van der Waals surface area contributed by atoms with Crippen LogP contribution < -0.4 is 20.5 Å². The molecule has 0 saturated carbocycles. The number of hydrogen-bond donors (Lipinski definition) is 2. The number of phenols is 1. The van der Waals surface area contributed by atoms with Crippen molar-refractivity contribution < 1.29 is 14.6 Å². The largest absolute Gasteiger partial charge is 0.504 e. The SMILES string of the molecule is CCOc1cc(/C=C2/NC(=S)N(c3c(C)n(C)n(-c4ccccc4)c3=O)C2=O)ccc1O. The maximum absolute atomic E-state index is 13.3. The van der Waals surface area contributed by atoms with Crippen LogP contribution in [0.15, 0.2) is 59.0 Å². The average molecular weight is 451 g/mol. The van der Waals surface area contributed by atoms with Crippen molar-refractivity contribution in [2.75, 3.05) is 11.5 Å². The van der Waals surface area contributed by atoms with Crippen molar-refractivity contribution in [1.82, 2.24) is 14.7 Å². The second-order valence-corrected chi connectivity index (χ2v) is 7.59. The van der Waals surface area contributed by atoms with Crippen molar-refractivity contribution in [2.45, 2.75) is 13.8 Å². The van der Waals surface area contributed by atoms with E-state index in [-0.39, 0.29) is 27.8 Å². The molecule has 4 rings (SSSR count). The number of rotatable bonds is 5. The number of thiocarbonyl (C=S) groups is 1. The van der Waals surface area contributed by atoms with Crippen molar-refractivity contribution in [1.29, 1.82) is 0 Å². The molecule has 1 aliphatic rings. The first-order valence-corrected chi connectivity index (χ1v) is 10.4. The van der Waals surface area contributed by atoms with E-state index in [1.807, 2.05) is 37.3 Å². The zero-order chi connectivity index (χ0) is 23.0. The van der Waals surface area contributed by atoms with Crippen molar-refractivity contribution >= 4 is 35.0 Å². The van der Waals surface area contributed by atoms with Crippen LogP contribution in [0, 0.1) is 6.92 Å². The molecule has 1 aromatic heterocycles. The topological polar surface area (TPSA) is 88.7 Å². The summed E-state index contributed by atoms with van der Waals surface area (Å²) in [5.74, 6) is -0.110. The van der Waals surface area contributed by atoms with Gasteiger partial charge in [-0.3, -0.25) is 14.3 Å². The minimum Gasteiger partial charge on any atom is -0.504 e. The lowest BCUT2D eigenvalue weighted by molar-refractivity contribution is -0.113. The third-order valence-electron chi connectivity index (χ3n) is 5.22. The Morgan fingerprint density at radius 2 is 1.88 bits per heavy atom. The molecule has 164 valence electrons. The molecule has 0 unspecified atom stereocenters. The van der Waals surface area contributed by atoms with Gasteiger partial charge >= 0.3 is 0 Å². The highest BCUT2D eigenvalue weighted by Crippen LogP contribution is 2.29. The Hall–Kier alpha value is -3.85. The zero-order valence-electron chi connectivity index (χ0n) is 17.8. The van der Waals surface area contributed by atoms with E-state index in [0.717, 1.165) is 0 Å². The number of phenolic OH excluding ortho intramolecular Hbond substituents is 1. The van der Waals surface area contributed by atoms with Crippen LogP contribution in [0.5, 0.6) is 11.5 Å². The summed E-state index contributed by atoms with van der Waals surface area (Å²) in [7, 11) is 1.76. The van der Waals surface area contributed by atoms with Gasteiger partial charge in [-0.25, -0.2) is 9.58 Å². The minimum absolute atomic E-state index is 0.0122. The van der Waals surface area contributed by atoms with Gasteiger partial charge in [-0.1, -0.05) is 24.3 Å². The predicted molar refractivity (Wildman–Crippen MR) is 126 cm³/mol. The first-order chi connectivity index (χ1) is 15.3. The third kappa shape index (κ3) is 3.56. The van der Waals surface area contributed by atoms with Gasteiger partial charge in [-0.2, -0.15) is 0 Å². The summed E-state index contributed by atoms with van der Waals surface area (Å²) in [6.07, 6.45) is 1.60. The number of anilines is 1. The molecule has 3 aromatic rings. The Labute approximate surface area is 189 Å². The molecule has 0 spiro atoms. The fourth-order valence-corrected chi connectivity index (χ4v) is 3.89. The fourth-order valence-electron chi connectivity index (χ4n) is 3.61. The molecule has 2 N–H and O–H groups in total. The van der Waals surface area contributed by atoms with Gasteiger partial charge in [0, 0.05) is 7.05 Å². The van der Waals surface area contributed by atoms with E-state index in [1.54, 1.807) is 36.9 Å². The summed E-state index contributed by atoms with van der Waals surface area (Å²) in [5.41, 5.74) is 1.99. The molecule has 8 nitrogen and oxygen atoms in total. The van der Waals surface area contributed by atoms with E-state index in [9.17, 15) is 14.7 Å². The van der Waals surface area contributed by atoms with Crippen LogP contribution >= 0.6 is 12.2 Å².